The monoisotopic (exact) mass is 286 g/mol. The van der Waals surface area contributed by atoms with Gasteiger partial charge in [-0.15, -0.1) is 0 Å². The lowest BCUT2D eigenvalue weighted by atomic mass is 10.0. The van der Waals surface area contributed by atoms with Gasteiger partial charge in [0.05, 0.1) is 23.5 Å². The van der Waals surface area contributed by atoms with Crippen LogP contribution in [0.15, 0.2) is 23.1 Å². The number of hydrogen-bond acceptors (Lipinski definition) is 5. The fraction of sp³-hybridized carbons (Fsp3) is 0.333. The summed E-state index contributed by atoms with van der Waals surface area (Å²) in [5.74, 6) is -1.82. The van der Waals surface area contributed by atoms with Crippen LogP contribution in [-0.4, -0.2) is 38.3 Å². The molecule has 0 saturated heterocycles. The Hall–Kier alpha value is -1.89. The van der Waals surface area contributed by atoms with Crippen LogP contribution in [-0.2, 0) is 25.8 Å². The summed E-state index contributed by atoms with van der Waals surface area (Å²) in [6.07, 6.45) is 0.732. The summed E-state index contributed by atoms with van der Waals surface area (Å²) in [7, 11) is -3.46. The topological polar surface area (TPSA) is 97.7 Å². The van der Waals surface area contributed by atoms with Crippen molar-refractivity contribution in [2.45, 2.75) is 18.2 Å². The Balaban J connectivity index is 3.24. The minimum atomic E-state index is -3.46. The number of carbonyl (C=O) groups is 2. The molecular formula is C12H14O6S. The van der Waals surface area contributed by atoms with Gasteiger partial charge in [0, 0.05) is 6.26 Å². The van der Waals surface area contributed by atoms with Crippen LogP contribution in [0.5, 0.6) is 0 Å². The highest BCUT2D eigenvalue weighted by Crippen LogP contribution is 2.17. The SMILES string of the molecule is CCOC(=O)Cc1cc(S(C)(=O)=O)ccc1C(=O)O. The smallest absolute Gasteiger partial charge is 0.335 e. The molecule has 0 aliphatic rings. The van der Waals surface area contributed by atoms with Crippen molar-refractivity contribution < 1.29 is 27.9 Å². The van der Waals surface area contributed by atoms with E-state index in [4.69, 9.17) is 9.84 Å². The zero-order valence-electron chi connectivity index (χ0n) is 10.5. The number of hydrogen-bond donors (Lipinski definition) is 1. The molecule has 0 heterocycles. The second-order valence-electron chi connectivity index (χ2n) is 3.88. The Morgan fingerprint density at radius 3 is 2.42 bits per heavy atom. The number of rotatable bonds is 5. The van der Waals surface area contributed by atoms with Crippen LogP contribution in [0.2, 0.25) is 0 Å². The number of benzene rings is 1. The molecule has 7 heteroatoms. The maximum Gasteiger partial charge on any atom is 0.335 e. The molecule has 0 aliphatic heterocycles. The standard InChI is InChI=1S/C12H14O6S/c1-3-18-11(13)7-8-6-9(19(2,16)17)4-5-10(8)12(14)15/h4-6H,3,7H2,1-2H3,(H,14,15). The van der Waals surface area contributed by atoms with Crippen molar-refractivity contribution >= 4 is 21.8 Å². The van der Waals surface area contributed by atoms with Crippen molar-refractivity contribution in [3.8, 4) is 0 Å². The molecule has 1 rings (SSSR count). The van der Waals surface area contributed by atoms with Crippen molar-refractivity contribution in [1.82, 2.24) is 0 Å². The molecule has 104 valence electrons. The Labute approximate surface area is 110 Å². The number of carboxylic acids is 1. The number of esters is 1. The average molecular weight is 286 g/mol. The van der Waals surface area contributed by atoms with Crippen LogP contribution < -0.4 is 0 Å². The lowest BCUT2D eigenvalue weighted by Crippen LogP contribution is -2.12. The van der Waals surface area contributed by atoms with Crippen LogP contribution in [0.4, 0.5) is 0 Å². The first kappa shape index (κ1) is 15.2. The van der Waals surface area contributed by atoms with E-state index in [1.807, 2.05) is 0 Å². The van der Waals surface area contributed by atoms with Crippen LogP contribution >= 0.6 is 0 Å². The van der Waals surface area contributed by atoms with Gasteiger partial charge in [-0.25, -0.2) is 13.2 Å². The first-order chi connectivity index (χ1) is 8.75. The van der Waals surface area contributed by atoms with Gasteiger partial charge in [-0.05, 0) is 30.7 Å². The molecule has 0 spiro atoms. The lowest BCUT2D eigenvalue weighted by molar-refractivity contribution is -0.142. The minimum absolute atomic E-state index is 0.0307. The zero-order valence-corrected chi connectivity index (χ0v) is 11.4. The maximum absolute atomic E-state index is 11.4. The largest absolute Gasteiger partial charge is 0.478 e. The van der Waals surface area contributed by atoms with Gasteiger partial charge in [0.25, 0.3) is 0 Å². The quantitative estimate of drug-likeness (QED) is 0.807. The summed E-state index contributed by atoms with van der Waals surface area (Å²) >= 11 is 0. The summed E-state index contributed by atoms with van der Waals surface area (Å²) in [5, 5.41) is 9.00. The lowest BCUT2D eigenvalue weighted by Gasteiger charge is -2.08. The van der Waals surface area contributed by atoms with Gasteiger partial charge >= 0.3 is 11.9 Å². The third-order valence-electron chi connectivity index (χ3n) is 2.38. The molecule has 0 radical (unpaired) electrons. The number of ether oxygens (including phenoxy) is 1. The second-order valence-corrected chi connectivity index (χ2v) is 5.89. The van der Waals surface area contributed by atoms with Crippen molar-refractivity contribution in [3.05, 3.63) is 29.3 Å². The van der Waals surface area contributed by atoms with E-state index >= 15 is 0 Å². The van der Waals surface area contributed by atoms with E-state index in [1.54, 1.807) is 6.92 Å². The van der Waals surface area contributed by atoms with Gasteiger partial charge < -0.3 is 9.84 Å². The number of carboxylic acid groups (broad SMARTS) is 1. The van der Waals surface area contributed by atoms with Crippen LogP contribution in [0.3, 0.4) is 0 Å². The summed E-state index contributed by atoms with van der Waals surface area (Å²) in [6.45, 7) is 1.80. The molecule has 0 saturated carbocycles. The van der Waals surface area contributed by atoms with E-state index in [2.05, 4.69) is 0 Å². The third kappa shape index (κ3) is 4.06. The van der Waals surface area contributed by atoms with Gasteiger partial charge in [-0.3, -0.25) is 4.79 Å². The van der Waals surface area contributed by atoms with E-state index in [0.29, 0.717) is 0 Å². The predicted octanol–water partition coefficient (Wildman–Crippen LogP) is 0.894. The van der Waals surface area contributed by atoms with Gasteiger partial charge in [0.2, 0.25) is 0 Å². The van der Waals surface area contributed by atoms with Gasteiger partial charge in [-0.2, -0.15) is 0 Å². The molecule has 1 aromatic rings. The highest BCUT2D eigenvalue weighted by atomic mass is 32.2. The molecule has 0 amide bonds. The molecule has 6 nitrogen and oxygen atoms in total. The zero-order chi connectivity index (χ0) is 14.6. The van der Waals surface area contributed by atoms with Gasteiger partial charge in [0.15, 0.2) is 9.84 Å². The Morgan fingerprint density at radius 1 is 1.32 bits per heavy atom. The molecule has 0 fully saturated rings. The fourth-order valence-electron chi connectivity index (χ4n) is 1.52. The Morgan fingerprint density at radius 2 is 1.95 bits per heavy atom. The molecule has 1 aromatic carbocycles. The normalized spacial score (nSPS) is 11.1. The molecule has 19 heavy (non-hydrogen) atoms. The first-order valence-corrected chi connectivity index (χ1v) is 7.36. The average Bonchev–Trinajstić information content (AvgIpc) is 2.27. The summed E-state index contributed by atoms with van der Waals surface area (Å²) < 4.78 is 27.6. The molecule has 0 unspecified atom stereocenters. The highest BCUT2D eigenvalue weighted by molar-refractivity contribution is 7.90. The van der Waals surface area contributed by atoms with E-state index in [-0.39, 0.29) is 29.1 Å². The highest BCUT2D eigenvalue weighted by Gasteiger charge is 2.17. The van der Waals surface area contributed by atoms with E-state index < -0.39 is 21.8 Å². The first-order valence-electron chi connectivity index (χ1n) is 5.47. The van der Waals surface area contributed by atoms with Gasteiger partial charge in [0.1, 0.15) is 0 Å². The third-order valence-corrected chi connectivity index (χ3v) is 3.49. The Kier molecular flexibility index (Phi) is 4.66. The molecular weight excluding hydrogens is 272 g/mol. The van der Waals surface area contributed by atoms with Crippen molar-refractivity contribution in [2.24, 2.45) is 0 Å². The molecule has 0 atom stereocenters. The summed E-state index contributed by atoms with van der Waals surface area (Å²) in [5.41, 5.74) is 0.00864. The van der Waals surface area contributed by atoms with E-state index in [0.717, 1.165) is 6.26 Å². The van der Waals surface area contributed by atoms with Gasteiger partial charge in [-0.1, -0.05) is 0 Å². The fourth-order valence-corrected chi connectivity index (χ4v) is 2.19. The summed E-state index contributed by atoms with van der Waals surface area (Å²) in [4.78, 5) is 22.4. The van der Waals surface area contributed by atoms with Crippen molar-refractivity contribution in [1.29, 1.82) is 0 Å². The van der Waals surface area contributed by atoms with Crippen molar-refractivity contribution in [2.75, 3.05) is 12.9 Å². The number of sulfone groups is 1. The molecule has 0 bridgehead atoms. The molecule has 1 N–H and O–H groups in total. The maximum atomic E-state index is 11.4. The Bertz CT molecular complexity index is 603. The van der Waals surface area contributed by atoms with Crippen molar-refractivity contribution in [3.63, 3.8) is 0 Å². The van der Waals surface area contributed by atoms with E-state index in [1.165, 1.54) is 18.2 Å². The van der Waals surface area contributed by atoms with E-state index in [9.17, 15) is 18.0 Å². The molecule has 0 aliphatic carbocycles. The predicted molar refractivity (Wildman–Crippen MR) is 66.8 cm³/mol. The van der Waals surface area contributed by atoms with Crippen LogP contribution in [0.1, 0.15) is 22.8 Å². The number of aromatic carboxylic acids is 1. The number of carbonyl (C=O) groups excluding carboxylic acids is 1. The summed E-state index contributed by atoms with van der Waals surface area (Å²) in [6, 6.07) is 3.57. The second kappa shape index (κ2) is 5.83. The van der Waals surface area contributed by atoms with Crippen LogP contribution in [0.25, 0.3) is 0 Å². The minimum Gasteiger partial charge on any atom is -0.478 e. The van der Waals surface area contributed by atoms with Crippen LogP contribution in [0, 0.1) is 0 Å². The molecule has 0 aromatic heterocycles.